The fourth-order valence-corrected chi connectivity index (χ4v) is 2.40. The second-order valence-electron chi connectivity index (χ2n) is 4.72. The molecule has 0 amide bonds. The Kier molecular flexibility index (Phi) is 5.26. The Morgan fingerprint density at radius 3 is 2.48 bits per heavy atom. The second-order valence-corrected chi connectivity index (χ2v) is 5.13. The van der Waals surface area contributed by atoms with Crippen molar-refractivity contribution in [2.45, 2.75) is 19.4 Å². The lowest BCUT2D eigenvalue weighted by molar-refractivity contribution is 0.497. The molecule has 0 aliphatic carbocycles. The van der Waals surface area contributed by atoms with Crippen LogP contribution >= 0.6 is 11.6 Å². The number of benzene rings is 2. The van der Waals surface area contributed by atoms with Crippen LogP contribution in [0, 0.1) is 17.5 Å². The summed E-state index contributed by atoms with van der Waals surface area (Å²) in [6, 6.07) is 7.60. The van der Waals surface area contributed by atoms with E-state index in [1.54, 1.807) is 0 Å². The number of rotatable bonds is 5. The van der Waals surface area contributed by atoms with Gasteiger partial charge in [-0.2, -0.15) is 0 Å². The highest BCUT2D eigenvalue weighted by Crippen LogP contribution is 2.25. The van der Waals surface area contributed by atoms with Crippen LogP contribution in [0.3, 0.4) is 0 Å². The minimum absolute atomic E-state index is 0.274. The quantitative estimate of drug-likeness (QED) is 0.847. The molecule has 5 heteroatoms. The number of halogens is 4. The van der Waals surface area contributed by atoms with Gasteiger partial charge in [-0.15, -0.1) is 0 Å². The summed E-state index contributed by atoms with van der Waals surface area (Å²) in [4.78, 5) is 0. The summed E-state index contributed by atoms with van der Waals surface area (Å²) in [6.45, 7) is 2.54. The number of likely N-dealkylation sites (N-methyl/N-ethyl adjacent to an activating group) is 1. The van der Waals surface area contributed by atoms with Crippen molar-refractivity contribution >= 4 is 11.6 Å². The van der Waals surface area contributed by atoms with Crippen LogP contribution in [-0.4, -0.2) is 6.54 Å². The van der Waals surface area contributed by atoms with Crippen molar-refractivity contribution in [3.8, 4) is 0 Å². The van der Waals surface area contributed by atoms with Gasteiger partial charge < -0.3 is 5.32 Å². The highest BCUT2D eigenvalue weighted by Gasteiger charge is 2.15. The van der Waals surface area contributed by atoms with Gasteiger partial charge in [0.15, 0.2) is 11.6 Å². The molecule has 2 aromatic rings. The summed E-state index contributed by atoms with van der Waals surface area (Å²) < 4.78 is 39.7. The van der Waals surface area contributed by atoms with Crippen molar-refractivity contribution in [1.29, 1.82) is 0 Å². The zero-order valence-corrected chi connectivity index (χ0v) is 12.2. The van der Waals surface area contributed by atoms with Gasteiger partial charge in [-0.05, 0) is 54.4 Å². The van der Waals surface area contributed by atoms with E-state index >= 15 is 0 Å². The molecule has 0 aliphatic heterocycles. The summed E-state index contributed by atoms with van der Waals surface area (Å²) in [7, 11) is 0. The Morgan fingerprint density at radius 1 is 1.05 bits per heavy atom. The largest absolute Gasteiger partial charge is 0.310 e. The van der Waals surface area contributed by atoms with Crippen molar-refractivity contribution in [1.82, 2.24) is 5.32 Å². The Balaban J connectivity index is 2.30. The van der Waals surface area contributed by atoms with E-state index < -0.39 is 11.6 Å². The molecule has 1 nitrogen and oxygen atoms in total. The van der Waals surface area contributed by atoms with Gasteiger partial charge >= 0.3 is 0 Å². The normalized spacial score (nSPS) is 12.4. The average Bonchev–Trinajstić information content (AvgIpc) is 2.45. The first-order valence-electron chi connectivity index (χ1n) is 6.63. The van der Waals surface area contributed by atoms with E-state index in [9.17, 15) is 13.2 Å². The van der Waals surface area contributed by atoms with Crippen molar-refractivity contribution in [2.24, 2.45) is 0 Å². The van der Waals surface area contributed by atoms with Crippen molar-refractivity contribution in [3.63, 3.8) is 0 Å². The van der Waals surface area contributed by atoms with Gasteiger partial charge in [-0.1, -0.05) is 24.6 Å². The number of nitrogens with one attached hydrogen (secondary N) is 1. The molecule has 0 aliphatic rings. The molecule has 2 aromatic carbocycles. The third-order valence-corrected chi connectivity index (χ3v) is 3.60. The van der Waals surface area contributed by atoms with E-state index in [1.165, 1.54) is 24.3 Å². The highest BCUT2D eigenvalue weighted by atomic mass is 35.5. The van der Waals surface area contributed by atoms with Crippen molar-refractivity contribution in [3.05, 3.63) is 70.0 Å². The molecule has 2 rings (SSSR count). The molecule has 0 saturated carbocycles. The molecule has 0 heterocycles. The molecule has 1 N–H and O–H groups in total. The minimum atomic E-state index is -0.902. The molecule has 0 radical (unpaired) electrons. The number of hydrogen-bond donors (Lipinski definition) is 1. The van der Waals surface area contributed by atoms with Gasteiger partial charge in [-0.25, -0.2) is 13.2 Å². The molecule has 112 valence electrons. The van der Waals surface area contributed by atoms with E-state index in [-0.39, 0.29) is 11.9 Å². The van der Waals surface area contributed by atoms with Crippen LogP contribution in [0.2, 0.25) is 5.02 Å². The van der Waals surface area contributed by atoms with Gasteiger partial charge in [-0.3, -0.25) is 0 Å². The van der Waals surface area contributed by atoms with Gasteiger partial charge in [0.05, 0.1) is 0 Å². The molecule has 0 saturated heterocycles. The molecule has 0 aromatic heterocycles. The first kappa shape index (κ1) is 15.9. The Hall–Kier alpha value is -1.52. The maximum Gasteiger partial charge on any atom is 0.159 e. The van der Waals surface area contributed by atoms with Crippen LogP contribution in [0.5, 0.6) is 0 Å². The van der Waals surface area contributed by atoms with Crippen molar-refractivity contribution in [2.75, 3.05) is 6.54 Å². The molecule has 1 atom stereocenters. The Labute approximate surface area is 126 Å². The zero-order chi connectivity index (χ0) is 15.4. The average molecular weight is 314 g/mol. The summed E-state index contributed by atoms with van der Waals surface area (Å²) in [5, 5.41) is 3.62. The summed E-state index contributed by atoms with van der Waals surface area (Å²) >= 11 is 6.06. The van der Waals surface area contributed by atoms with Gasteiger partial charge in [0.2, 0.25) is 0 Å². The van der Waals surface area contributed by atoms with Gasteiger partial charge in [0.1, 0.15) is 5.82 Å². The lowest BCUT2D eigenvalue weighted by atomic mass is 9.98. The van der Waals surface area contributed by atoms with E-state index in [0.717, 1.165) is 12.1 Å². The first-order chi connectivity index (χ1) is 10.0. The molecule has 0 bridgehead atoms. The molecule has 21 heavy (non-hydrogen) atoms. The summed E-state index contributed by atoms with van der Waals surface area (Å²) in [6.07, 6.45) is 0.384. The van der Waals surface area contributed by atoms with Crippen LogP contribution in [-0.2, 0) is 6.42 Å². The Bertz CT molecular complexity index is 631. The van der Waals surface area contributed by atoms with Gasteiger partial charge in [0, 0.05) is 11.1 Å². The maximum absolute atomic E-state index is 13.4. The molecule has 0 fully saturated rings. The van der Waals surface area contributed by atoms with Gasteiger partial charge in [0.25, 0.3) is 0 Å². The van der Waals surface area contributed by atoms with Crippen LogP contribution in [0.25, 0.3) is 0 Å². The monoisotopic (exact) mass is 313 g/mol. The number of hydrogen-bond acceptors (Lipinski definition) is 1. The highest BCUT2D eigenvalue weighted by molar-refractivity contribution is 6.31. The Morgan fingerprint density at radius 2 is 1.81 bits per heavy atom. The van der Waals surface area contributed by atoms with E-state index in [4.69, 9.17) is 11.6 Å². The predicted octanol–water partition coefficient (Wildman–Crippen LogP) is 4.65. The minimum Gasteiger partial charge on any atom is -0.310 e. The molecular formula is C16H15ClF3N. The standard InChI is InChI=1S/C16H15ClF3N/c1-2-21-16(10-3-6-14(19)15(20)8-10)9-11-7-12(18)4-5-13(11)17/h3-8,16,21H,2,9H2,1H3. The van der Waals surface area contributed by atoms with Crippen LogP contribution in [0.15, 0.2) is 36.4 Å². The second kappa shape index (κ2) is 6.96. The van der Waals surface area contributed by atoms with E-state index in [0.29, 0.717) is 29.1 Å². The fraction of sp³-hybridized carbons (Fsp3) is 0.250. The zero-order valence-electron chi connectivity index (χ0n) is 11.5. The predicted molar refractivity (Wildman–Crippen MR) is 77.9 cm³/mol. The van der Waals surface area contributed by atoms with Crippen molar-refractivity contribution < 1.29 is 13.2 Å². The molecular weight excluding hydrogens is 299 g/mol. The lowest BCUT2D eigenvalue weighted by Crippen LogP contribution is -2.23. The molecule has 0 spiro atoms. The van der Waals surface area contributed by atoms with E-state index in [1.807, 2.05) is 6.92 Å². The van der Waals surface area contributed by atoms with E-state index in [2.05, 4.69) is 5.32 Å². The van der Waals surface area contributed by atoms with Crippen LogP contribution < -0.4 is 5.32 Å². The fourth-order valence-electron chi connectivity index (χ4n) is 2.20. The maximum atomic E-state index is 13.4. The van der Waals surface area contributed by atoms with Crippen LogP contribution in [0.4, 0.5) is 13.2 Å². The smallest absolute Gasteiger partial charge is 0.159 e. The molecule has 1 unspecified atom stereocenters. The SMILES string of the molecule is CCNC(Cc1cc(F)ccc1Cl)c1ccc(F)c(F)c1. The first-order valence-corrected chi connectivity index (χ1v) is 7.01. The third-order valence-electron chi connectivity index (χ3n) is 3.23. The summed E-state index contributed by atoms with van der Waals surface area (Å²) in [5.41, 5.74) is 1.21. The third kappa shape index (κ3) is 3.99. The topological polar surface area (TPSA) is 12.0 Å². The summed E-state index contributed by atoms with van der Waals surface area (Å²) in [5.74, 6) is -2.17. The lowest BCUT2D eigenvalue weighted by Gasteiger charge is -2.19. The van der Waals surface area contributed by atoms with Crippen LogP contribution in [0.1, 0.15) is 24.1 Å².